The van der Waals surface area contributed by atoms with Crippen molar-refractivity contribution in [2.75, 3.05) is 0 Å². The van der Waals surface area contributed by atoms with Crippen molar-refractivity contribution in [3.05, 3.63) is 30.6 Å². The molecule has 1 amide bonds. The number of carboxylic acid groups (broad SMARTS) is 1. The number of hydrogen-bond donors (Lipinski definition) is 2. The zero-order valence-electron chi connectivity index (χ0n) is 10.5. The number of carboxylic acids is 1. The molecule has 0 radical (unpaired) electrons. The van der Waals surface area contributed by atoms with Gasteiger partial charge in [0.1, 0.15) is 6.04 Å². The summed E-state index contributed by atoms with van der Waals surface area (Å²) in [5.41, 5.74) is 1.82. The minimum absolute atomic E-state index is 0.315. The Morgan fingerprint density at radius 1 is 1.42 bits per heavy atom. The molecule has 0 spiro atoms. The van der Waals surface area contributed by atoms with Crippen LogP contribution in [0.25, 0.3) is 11.0 Å². The van der Waals surface area contributed by atoms with Crippen LogP contribution in [0.2, 0.25) is 0 Å². The van der Waals surface area contributed by atoms with Crippen molar-refractivity contribution in [1.82, 2.24) is 14.9 Å². The van der Waals surface area contributed by atoms with Gasteiger partial charge in [0.2, 0.25) is 5.91 Å². The van der Waals surface area contributed by atoms with Gasteiger partial charge in [-0.15, -0.1) is 0 Å². The molecule has 1 unspecified atom stereocenters. The van der Waals surface area contributed by atoms with Gasteiger partial charge in [-0.2, -0.15) is 0 Å². The van der Waals surface area contributed by atoms with Crippen molar-refractivity contribution in [3.63, 3.8) is 0 Å². The van der Waals surface area contributed by atoms with E-state index in [-0.39, 0.29) is 5.91 Å². The van der Waals surface area contributed by atoms with Crippen LogP contribution in [0.3, 0.4) is 0 Å². The zero-order valence-corrected chi connectivity index (χ0v) is 10.5. The molecule has 1 heterocycles. The van der Waals surface area contributed by atoms with Gasteiger partial charge in [-0.1, -0.05) is 12.1 Å². The topological polar surface area (TPSA) is 84.2 Å². The summed E-state index contributed by atoms with van der Waals surface area (Å²) in [6.07, 6.45) is 1.99. The highest BCUT2D eigenvalue weighted by molar-refractivity contribution is 5.82. The Balaban J connectivity index is 2.08. The molecular formula is C13H15N3O3. The number of hydrogen-bond acceptors (Lipinski definition) is 3. The van der Waals surface area contributed by atoms with E-state index in [1.807, 2.05) is 28.8 Å². The van der Waals surface area contributed by atoms with Crippen molar-refractivity contribution >= 4 is 22.9 Å². The van der Waals surface area contributed by atoms with Crippen LogP contribution >= 0.6 is 0 Å². The van der Waals surface area contributed by atoms with Crippen LogP contribution in [0, 0.1) is 0 Å². The first-order valence-corrected chi connectivity index (χ1v) is 5.97. The molecule has 0 saturated heterocycles. The number of amides is 1. The second-order valence-corrected chi connectivity index (χ2v) is 4.31. The lowest BCUT2D eigenvalue weighted by Crippen LogP contribution is -2.40. The second kappa shape index (κ2) is 5.51. The highest BCUT2D eigenvalue weighted by Gasteiger charge is 2.18. The number of rotatable bonds is 5. The standard InChI is InChI=1S/C13H15N3O3/c1-9(17)15-11(13(18)19)6-7-16-8-14-10-4-2-3-5-12(10)16/h2-5,8,11H,6-7H2,1H3,(H,15,17)(H,18,19). The first-order valence-electron chi connectivity index (χ1n) is 5.97. The largest absolute Gasteiger partial charge is 0.480 e. The van der Waals surface area contributed by atoms with Crippen LogP contribution in [0.5, 0.6) is 0 Å². The van der Waals surface area contributed by atoms with E-state index in [0.29, 0.717) is 13.0 Å². The molecule has 6 nitrogen and oxygen atoms in total. The lowest BCUT2D eigenvalue weighted by Gasteiger charge is -2.13. The summed E-state index contributed by atoms with van der Waals surface area (Å²) in [5, 5.41) is 11.4. The number of aromatic nitrogens is 2. The van der Waals surface area contributed by atoms with Crippen molar-refractivity contribution in [1.29, 1.82) is 0 Å². The van der Waals surface area contributed by atoms with E-state index in [1.165, 1.54) is 6.92 Å². The average molecular weight is 261 g/mol. The summed E-state index contributed by atoms with van der Waals surface area (Å²) >= 11 is 0. The van der Waals surface area contributed by atoms with E-state index < -0.39 is 12.0 Å². The van der Waals surface area contributed by atoms with Crippen molar-refractivity contribution < 1.29 is 14.7 Å². The van der Waals surface area contributed by atoms with Gasteiger partial charge >= 0.3 is 5.97 Å². The summed E-state index contributed by atoms with van der Waals surface area (Å²) in [4.78, 5) is 26.2. The Morgan fingerprint density at radius 2 is 2.16 bits per heavy atom. The molecule has 1 atom stereocenters. The van der Waals surface area contributed by atoms with E-state index in [1.54, 1.807) is 6.33 Å². The molecule has 0 saturated carbocycles. The van der Waals surface area contributed by atoms with Crippen LogP contribution in [0.15, 0.2) is 30.6 Å². The number of aryl methyl sites for hydroxylation is 1. The lowest BCUT2D eigenvalue weighted by molar-refractivity contribution is -0.141. The highest BCUT2D eigenvalue weighted by atomic mass is 16.4. The molecule has 1 aromatic carbocycles. The number of aliphatic carboxylic acids is 1. The highest BCUT2D eigenvalue weighted by Crippen LogP contribution is 2.12. The average Bonchev–Trinajstić information content (AvgIpc) is 2.77. The normalized spacial score (nSPS) is 12.3. The van der Waals surface area contributed by atoms with Crippen molar-refractivity contribution in [2.24, 2.45) is 0 Å². The third kappa shape index (κ3) is 3.09. The maximum Gasteiger partial charge on any atom is 0.326 e. The predicted molar refractivity (Wildman–Crippen MR) is 69.6 cm³/mol. The Kier molecular flexibility index (Phi) is 3.79. The van der Waals surface area contributed by atoms with Gasteiger partial charge in [-0.05, 0) is 18.6 Å². The van der Waals surface area contributed by atoms with E-state index in [4.69, 9.17) is 5.11 Å². The van der Waals surface area contributed by atoms with Crippen LogP contribution in [0.4, 0.5) is 0 Å². The molecule has 2 N–H and O–H groups in total. The van der Waals surface area contributed by atoms with Gasteiger partial charge in [0, 0.05) is 13.5 Å². The van der Waals surface area contributed by atoms with Gasteiger partial charge in [0.25, 0.3) is 0 Å². The molecule has 6 heteroatoms. The van der Waals surface area contributed by atoms with Crippen LogP contribution in [-0.4, -0.2) is 32.6 Å². The van der Waals surface area contributed by atoms with Crippen LogP contribution in [-0.2, 0) is 16.1 Å². The molecule has 0 bridgehead atoms. The van der Waals surface area contributed by atoms with Gasteiger partial charge in [-0.3, -0.25) is 4.79 Å². The molecule has 2 rings (SSSR count). The van der Waals surface area contributed by atoms with Gasteiger partial charge in [0.15, 0.2) is 0 Å². The summed E-state index contributed by atoms with van der Waals surface area (Å²) < 4.78 is 1.88. The van der Waals surface area contributed by atoms with Crippen molar-refractivity contribution in [2.45, 2.75) is 25.9 Å². The second-order valence-electron chi connectivity index (χ2n) is 4.31. The first kappa shape index (κ1) is 13.1. The quantitative estimate of drug-likeness (QED) is 0.841. The van der Waals surface area contributed by atoms with E-state index in [2.05, 4.69) is 10.3 Å². The zero-order chi connectivity index (χ0) is 13.8. The Labute approximate surface area is 110 Å². The Hall–Kier alpha value is -2.37. The molecule has 100 valence electrons. The SMILES string of the molecule is CC(=O)NC(CCn1cnc2ccccc21)C(=O)O. The monoisotopic (exact) mass is 261 g/mol. The lowest BCUT2D eigenvalue weighted by atomic mass is 10.2. The number of nitrogens with one attached hydrogen (secondary N) is 1. The summed E-state index contributed by atoms with van der Waals surface area (Å²) in [6.45, 7) is 1.79. The molecule has 0 aliphatic carbocycles. The van der Waals surface area contributed by atoms with Crippen molar-refractivity contribution in [3.8, 4) is 0 Å². The van der Waals surface area contributed by atoms with E-state index >= 15 is 0 Å². The molecular weight excluding hydrogens is 246 g/mol. The van der Waals surface area contributed by atoms with Gasteiger partial charge < -0.3 is 15.0 Å². The molecule has 2 aromatic rings. The van der Waals surface area contributed by atoms with Gasteiger partial charge in [0.05, 0.1) is 17.4 Å². The minimum atomic E-state index is -1.03. The maximum atomic E-state index is 11.0. The molecule has 1 aromatic heterocycles. The fourth-order valence-electron chi connectivity index (χ4n) is 1.96. The number of carbonyl (C=O) groups excluding carboxylic acids is 1. The smallest absolute Gasteiger partial charge is 0.326 e. The number of imidazole rings is 1. The molecule has 19 heavy (non-hydrogen) atoms. The van der Waals surface area contributed by atoms with Crippen LogP contribution in [0.1, 0.15) is 13.3 Å². The Morgan fingerprint density at radius 3 is 2.84 bits per heavy atom. The third-order valence-electron chi connectivity index (χ3n) is 2.86. The fraction of sp³-hybridized carbons (Fsp3) is 0.308. The van der Waals surface area contributed by atoms with E-state index in [0.717, 1.165) is 11.0 Å². The number of nitrogens with zero attached hydrogens (tertiary/aromatic N) is 2. The summed E-state index contributed by atoms with van der Waals surface area (Å²) in [6, 6.07) is 6.75. The van der Waals surface area contributed by atoms with Gasteiger partial charge in [-0.25, -0.2) is 9.78 Å². The number of carbonyl (C=O) groups is 2. The number of fused-ring (bicyclic) bond motifs is 1. The van der Waals surface area contributed by atoms with E-state index in [9.17, 15) is 9.59 Å². The molecule has 0 aliphatic heterocycles. The molecule has 0 aliphatic rings. The van der Waals surface area contributed by atoms with Crippen LogP contribution < -0.4 is 5.32 Å². The predicted octanol–water partition coefficient (Wildman–Crippen LogP) is 1.02. The third-order valence-corrected chi connectivity index (χ3v) is 2.86. The number of benzene rings is 1. The maximum absolute atomic E-state index is 11.0. The Bertz CT molecular complexity index is 606. The summed E-state index contributed by atoms with van der Waals surface area (Å²) in [5.74, 6) is -1.37. The molecule has 0 fully saturated rings. The number of para-hydroxylation sites is 2. The minimum Gasteiger partial charge on any atom is -0.480 e. The fourth-order valence-corrected chi connectivity index (χ4v) is 1.96. The summed E-state index contributed by atoms with van der Waals surface area (Å²) in [7, 11) is 0. The first-order chi connectivity index (χ1) is 9.08.